The minimum absolute atomic E-state index is 0.0973. The summed E-state index contributed by atoms with van der Waals surface area (Å²) in [5, 5.41) is 7.83. The van der Waals surface area contributed by atoms with Crippen LogP contribution < -0.4 is 14.4 Å². The molecule has 2 aliphatic heterocycles. The van der Waals surface area contributed by atoms with Gasteiger partial charge in [0.1, 0.15) is 41.9 Å². The van der Waals surface area contributed by atoms with Crippen LogP contribution in [0.4, 0.5) is 28.2 Å². The van der Waals surface area contributed by atoms with Gasteiger partial charge in [-0.15, -0.1) is 10.2 Å². The maximum Gasteiger partial charge on any atom is 0.410 e. The summed E-state index contributed by atoms with van der Waals surface area (Å²) in [6.07, 6.45) is -0.569. The van der Waals surface area contributed by atoms with Gasteiger partial charge in [-0.3, -0.25) is 9.78 Å². The van der Waals surface area contributed by atoms with E-state index >= 15 is 0 Å². The van der Waals surface area contributed by atoms with Crippen molar-refractivity contribution in [3.05, 3.63) is 59.4 Å². The van der Waals surface area contributed by atoms with E-state index in [2.05, 4.69) is 20.2 Å². The Kier molecular flexibility index (Phi) is 10.4. The number of halogens is 4. The normalized spacial score (nSPS) is 15.6. The summed E-state index contributed by atoms with van der Waals surface area (Å²) in [6.45, 7) is 8.57. The van der Waals surface area contributed by atoms with E-state index < -0.39 is 47.7 Å². The van der Waals surface area contributed by atoms with Gasteiger partial charge in [-0.1, -0.05) is 0 Å². The summed E-state index contributed by atoms with van der Waals surface area (Å²) >= 11 is 0. The Labute approximate surface area is 281 Å². The molecule has 264 valence electrons. The second-order valence-corrected chi connectivity index (χ2v) is 13.2. The Balaban J connectivity index is 1.28. The van der Waals surface area contributed by atoms with Gasteiger partial charge >= 0.3 is 12.3 Å². The molecule has 16 heteroatoms. The zero-order chi connectivity index (χ0) is 35.5. The van der Waals surface area contributed by atoms with Gasteiger partial charge in [0.2, 0.25) is 0 Å². The zero-order valence-corrected chi connectivity index (χ0v) is 28.0. The molecule has 0 bridgehead atoms. The number of carbonyl (C=O) groups excluding carboxylic acids is 2. The lowest BCUT2D eigenvalue weighted by Gasteiger charge is -2.35. The number of rotatable bonds is 8. The summed E-state index contributed by atoms with van der Waals surface area (Å²) < 4.78 is 72.1. The number of pyridine rings is 1. The number of benzene rings is 1. The number of ether oxygens (including phenoxy) is 3. The third-order valence-corrected chi connectivity index (χ3v) is 7.94. The highest BCUT2D eigenvalue weighted by Gasteiger charge is 2.36. The molecule has 1 aromatic carbocycles. The first kappa shape index (κ1) is 35.5. The van der Waals surface area contributed by atoms with E-state index in [1.54, 1.807) is 17.2 Å². The molecule has 5 rings (SSSR count). The van der Waals surface area contributed by atoms with Crippen molar-refractivity contribution in [1.29, 1.82) is 0 Å². The smallest absolute Gasteiger partial charge is 0.410 e. The molecule has 0 aliphatic carbocycles. The van der Waals surface area contributed by atoms with Crippen LogP contribution in [-0.2, 0) is 17.7 Å². The highest BCUT2D eigenvalue weighted by atomic mass is 19.4. The Morgan fingerprint density at radius 2 is 1.78 bits per heavy atom. The largest absolute Gasteiger partial charge is 0.490 e. The predicted molar refractivity (Wildman–Crippen MR) is 169 cm³/mol. The maximum atomic E-state index is 14.3. The molecule has 1 saturated heterocycles. The summed E-state index contributed by atoms with van der Waals surface area (Å²) in [5.41, 5.74) is 0.701. The van der Waals surface area contributed by atoms with E-state index in [4.69, 9.17) is 14.2 Å². The van der Waals surface area contributed by atoms with Crippen LogP contribution in [0.2, 0.25) is 0 Å². The van der Waals surface area contributed by atoms with Crippen molar-refractivity contribution >= 4 is 17.8 Å². The molecule has 2 aromatic heterocycles. The molecular weight excluding hydrogens is 650 g/mol. The van der Waals surface area contributed by atoms with E-state index in [1.807, 2.05) is 25.7 Å². The molecule has 0 atom stereocenters. The first-order valence-electron chi connectivity index (χ1n) is 16.0. The summed E-state index contributed by atoms with van der Waals surface area (Å²) in [5.74, 6) is -1.21. The Hall–Kier alpha value is -4.76. The van der Waals surface area contributed by atoms with E-state index in [0.717, 1.165) is 29.5 Å². The zero-order valence-electron chi connectivity index (χ0n) is 28.0. The van der Waals surface area contributed by atoms with Crippen LogP contribution in [0.25, 0.3) is 0 Å². The number of fused-ring (bicyclic) bond motifs is 1. The minimum atomic E-state index is -4.66. The second-order valence-electron chi connectivity index (χ2n) is 13.2. The van der Waals surface area contributed by atoms with Crippen LogP contribution in [0.15, 0.2) is 36.8 Å². The Morgan fingerprint density at radius 1 is 1.04 bits per heavy atom. The maximum absolute atomic E-state index is 14.3. The Bertz CT molecular complexity index is 1660. The second kappa shape index (κ2) is 14.4. The van der Waals surface area contributed by atoms with Crippen LogP contribution in [0, 0.1) is 5.82 Å². The van der Waals surface area contributed by atoms with Gasteiger partial charge in [-0.25, -0.2) is 14.2 Å². The topological polar surface area (TPSA) is 123 Å². The third-order valence-electron chi connectivity index (χ3n) is 7.94. The van der Waals surface area contributed by atoms with Gasteiger partial charge in [-0.2, -0.15) is 13.2 Å². The number of carbonyl (C=O) groups is 2. The summed E-state index contributed by atoms with van der Waals surface area (Å²) in [6, 6.07) is 3.99. The number of hydrogen-bond donors (Lipinski definition) is 0. The minimum Gasteiger partial charge on any atom is -0.490 e. The first-order chi connectivity index (χ1) is 23.1. The molecule has 2 aliphatic rings. The molecular formula is C33H39F4N7O5. The van der Waals surface area contributed by atoms with E-state index in [0.29, 0.717) is 61.9 Å². The number of alkyl halides is 3. The predicted octanol–water partition coefficient (Wildman–Crippen LogP) is 5.95. The van der Waals surface area contributed by atoms with Crippen molar-refractivity contribution in [3.8, 4) is 17.4 Å². The molecule has 12 nitrogen and oxygen atoms in total. The molecule has 0 spiro atoms. The highest BCUT2D eigenvalue weighted by Crippen LogP contribution is 2.35. The quantitative estimate of drug-likeness (QED) is 0.262. The number of amides is 2. The highest BCUT2D eigenvalue weighted by molar-refractivity contribution is 5.97. The lowest BCUT2D eigenvalue weighted by Crippen LogP contribution is -2.43. The number of anilines is 1. The fraction of sp³-hybridized carbons (Fsp3) is 0.515. The number of piperidine rings is 1. The van der Waals surface area contributed by atoms with Gasteiger partial charge in [0.15, 0.2) is 5.82 Å². The standard InChI is InChI=1S/C33H39F4N7O5/c1-20(2)44(18-33(35,36)37)30(45)23-16-21(34)6-7-26(23)48-29-28(39-19-40-41-29)42-13-9-22(10-14-42)47-27-8-12-38-25-11-15-43(17-24(25)27)31(46)49-32(3,4)5/h6-8,12,16,19-20,22H,9-11,13-15,17-18H2,1-5H3. The monoisotopic (exact) mass is 689 g/mol. The van der Waals surface area contributed by atoms with Crippen molar-refractivity contribution in [3.63, 3.8) is 0 Å². The van der Waals surface area contributed by atoms with E-state index in [1.165, 1.54) is 20.2 Å². The van der Waals surface area contributed by atoms with Crippen molar-refractivity contribution in [1.82, 2.24) is 30.0 Å². The van der Waals surface area contributed by atoms with Crippen molar-refractivity contribution in [2.24, 2.45) is 0 Å². The number of nitrogens with zero attached hydrogens (tertiary/aromatic N) is 7. The molecule has 0 unspecified atom stereocenters. The molecule has 3 aromatic rings. The van der Waals surface area contributed by atoms with Crippen LogP contribution in [0.1, 0.15) is 69.1 Å². The van der Waals surface area contributed by atoms with Crippen LogP contribution in [0.5, 0.6) is 17.4 Å². The van der Waals surface area contributed by atoms with Crippen LogP contribution >= 0.6 is 0 Å². The van der Waals surface area contributed by atoms with Crippen LogP contribution in [0.3, 0.4) is 0 Å². The molecule has 0 radical (unpaired) electrons. The fourth-order valence-corrected chi connectivity index (χ4v) is 5.61. The molecule has 0 saturated carbocycles. The first-order valence-corrected chi connectivity index (χ1v) is 16.0. The molecule has 49 heavy (non-hydrogen) atoms. The van der Waals surface area contributed by atoms with Crippen molar-refractivity contribution in [2.75, 3.05) is 31.1 Å². The van der Waals surface area contributed by atoms with E-state index in [-0.39, 0.29) is 17.7 Å². The van der Waals surface area contributed by atoms with Gasteiger partial charge < -0.3 is 28.9 Å². The average Bonchev–Trinajstić information content (AvgIpc) is 3.03. The molecule has 0 N–H and O–H groups in total. The Morgan fingerprint density at radius 3 is 2.45 bits per heavy atom. The SMILES string of the molecule is CC(C)N(CC(F)(F)F)C(=O)c1cc(F)ccc1Oc1nncnc1N1CCC(Oc2ccnc3c2CN(C(=O)OC(C)(C)C)CC3)CC1. The van der Waals surface area contributed by atoms with Gasteiger partial charge in [0, 0.05) is 56.7 Å². The molecule has 4 heterocycles. The number of hydrogen-bond acceptors (Lipinski definition) is 10. The lowest BCUT2D eigenvalue weighted by atomic mass is 10.0. The van der Waals surface area contributed by atoms with Crippen molar-refractivity contribution in [2.45, 2.75) is 84.3 Å². The lowest BCUT2D eigenvalue weighted by molar-refractivity contribution is -0.143. The van der Waals surface area contributed by atoms with Gasteiger partial charge in [-0.05, 0) is 58.9 Å². The van der Waals surface area contributed by atoms with E-state index in [9.17, 15) is 27.2 Å². The molecule has 1 fully saturated rings. The van der Waals surface area contributed by atoms with Gasteiger partial charge in [0.05, 0.1) is 17.8 Å². The molecule has 2 amide bonds. The van der Waals surface area contributed by atoms with Gasteiger partial charge in [0.25, 0.3) is 11.8 Å². The third kappa shape index (κ3) is 9.03. The summed E-state index contributed by atoms with van der Waals surface area (Å²) in [4.78, 5) is 39.0. The summed E-state index contributed by atoms with van der Waals surface area (Å²) in [7, 11) is 0. The van der Waals surface area contributed by atoms with Crippen LogP contribution in [-0.4, -0.2) is 92.1 Å². The van der Waals surface area contributed by atoms with Crippen molar-refractivity contribution < 1.29 is 41.4 Å². The fourth-order valence-electron chi connectivity index (χ4n) is 5.61. The number of aromatic nitrogens is 4. The average molecular weight is 690 g/mol.